The van der Waals surface area contributed by atoms with Crippen LogP contribution < -0.4 is 5.32 Å². The molecule has 0 saturated carbocycles. The molecule has 2 heterocycles. The number of benzene rings is 1. The lowest BCUT2D eigenvalue weighted by Crippen LogP contribution is -2.41. The van der Waals surface area contributed by atoms with Crippen LogP contribution in [0.15, 0.2) is 30.3 Å². The fourth-order valence-corrected chi connectivity index (χ4v) is 4.17. The van der Waals surface area contributed by atoms with Crippen LogP contribution in [0.3, 0.4) is 0 Å². The van der Waals surface area contributed by atoms with E-state index in [1.54, 1.807) is 4.68 Å². The van der Waals surface area contributed by atoms with Crippen molar-refractivity contribution in [1.82, 2.24) is 14.7 Å². The van der Waals surface area contributed by atoms with Gasteiger partial charge in [0.15, 0.2) is 0 Å². The van der Waals surface area contributed by atoms with Crippen molar-refractivity contribution in [1.29, 1.82) is 0 Å². The van der Waals surface area contributed by atoms with E-state index in [0.717, 1.165) is 29.6 Å². The van der Waals surface area contributed by atoms with Gasteiger partial charge in [0.05, 0.1) is 12.2 Å². The Hall–Kier alpha value is -1.79. The number of rotatable bonds is 4. The number of nitrogens with one attached hydrogen (secondary N) is 1. The maximum atomic E-state index is 12.5. The molecule has 0 aliphatic carbocycles. The van der Waals surface area contributed by atoms with Gasteiger partial charge in [-0.05, 0) is 19.4 Å². The monoisotopic (exact) mass is 344 g/mol. The van der Waals surface area contributed by atoms with Gasteiger partial charge >= 0.3 is 0 Å². The maximum Gasteiger partial charge on any atom is 0.239 e. The Morgan fingerprint density at radius 2 is 2.08 bits per heavy atom. The van der Waals surface area contributed by atoms with Crippen LogP contribution >= 0.6 is 11.8 Å². The summed E-state index contributed by atoms with van der Waals surface area (Å²) in [5.41, 5.74) is 3.45. The highest BCUT2D eigenvalue weighted by molar-refractivity contribution is 7.99. The van der Waals surface area contributed by atoms with E-state index in [0.29, 0.717) is 12.6 Å². The standard InChI is InChI=1S/C18H24N4OS/c1-13-4-6-15(7-5-13)16-12-24-9-8-22(16)11-18(23)19-17-10-14(2)20-21(17)3/h4-7,10,16H,8-9,11-12H2,1-3H3,(H,19,23)/t16-/m1/s1. The number of carbonyl (C=O) groups is 1. The minimum Gasteiger partial charge on any atom is -0.310 e. The number of anilines is 1. The van der Waals surface area contributed by atoms with Gasteiger partial charge in [0.2, 0.25) is 5.91 Å². The molecule has 0 spiro atoms. The van der Waals surface area contributed by atoms with Gasteiger partial charge in [-0.3, -0.25) is 14.4 Å². The van der Waals surface area contributed by atoms with Crippen molar-refractivity contribution in [2.75, 3.05) is 29.9 Å². The largest absolute Gasteiger partial charge is 0.310 e. The number of carbonyl (C=O) groups excluding carboxylic acids is 1. The smallest absolute Gasteiger partial charge is 0.239 e. The van der Waals surface area contributed by atoms with Crippen LogP contribution in [0, 0.1) is 13.8 Å². The second-order valence-corrected chi connectivity index (χ2v) is 7.46. The first-order valence-electron chi connectivity index (χ1n) is 8.22. The van der Waals surface area contributed by atoms with Gasteiger partial charge in [-0.25, -0.2) is 0 Å². The molecule has 1 aliphatic rings. The summed E-state index contributed by atoms with van der Waals surface area (Å²) in [5.74, 6) is 2.86. The lowest BCUT2D eigenvalue weighted by Gasteiger charge is -2.35. The number of hydrogen-bond acceptors (Lipinski definition) is 4. The summed E-state index contributed by atoms with van der Waals surface area (Å²) in [5, 5.41) is 7.24. The highest BCUT2D eigenvalue weighted by Gasteiger charge is 2.26. The first kappa shape index (κ1) is 17.0. The third kappa shape index (κ3) is 3.99. The first-order chi connectivity index (χ1) is 11.5. The first-order valence-corrected chi connectivity index (χ1v) is 9.37. The molecule has 6 heteroatoms. The van der Waals surface area contributed by atoms with Gasteiger partial charge in [-0.2, -0.15) is 16.9 Å². The van der Waals surface area contributed by atoms with E-state index in [2.05, 4.69) is 46.5 Å². The molecular formula is C18H24N4OS. The van der Waals surface area contributed by atoms with Crippen molar-refractivity contribution >= 4 is 23.5 Å². The number of amides is 1. The molecule has 1 saturated heterocycles. The van der Waals surface area contributed by atoms with E-state index in [1.807, 2.05) is 31.8 Å². The summed E-state index contributed by atoms with van der Waals surface area (Å²) in [7, 11) is 1.84. The lowest BCUT2D eigenvalue weighted by atomic mass is 10.0. The molecule has 1 N–H and O–H groups in total. The van der Waals surface area contributed by atoms with E-state index < -0.39 is 0 Å². The van der Waals surface area contributed by atoms with Crippen LogP contribution in [-0.4, -0.2) is 45.2 Å². The van der Waals surface area contributed by atoms with Crippen LogP contribution in [-0.2, 0) is 11.8 Å². The zero-order valence-electron chi connectivity index (χ0n) is 14.5. The Morgan fingerprint density at radius 3 is 2.75 bits per heavy atom. The second kappa shape index (κ2) is 7.40. The fraction of sp³-hybridized carbons (Fsp3) is 0.444. The average Bonchev–Trinajstić information content (AvgIpc) is 2.86. The van der Waals surface area contributed by atoms with Crippen LogP contribution in [0.2, 0.25) is 0 Å². The van der Waals surface area contributed by atoms with Gasteiger partial charge in [-0.1, -0.05) is 29.8 Å². The van der Waals surface area contributed by atoms with Crippen LogP contribution in [0.4, 0.5) is 5.82 Å². The van der Waals surface area contributed by atoms with Gasteiger partial charge in [0.25, 0.3) is 0 Å². The predicted molar refractivity (Wildman–Crippen MR) is 99.4 cm³/mol. The van der Waals surface area contributed by atoms with Crippen LogP contribution in [0.5, 0.6) is 0 Å². The molecule has 1 atom stereocenters. The van der Waals surface area contributed by atoms with Crippen molar-refractivity contribution in [3.63, 3.8) is 0 Å². The Morgan fingerprint density at radius 1 is 1.33 bits per heavy atom. The predicted octanol–water partition coefficient (Wildman–Crippen LogP) is 2.77. The van der Waals surface area contributed by atoms with Crippen molar-refractivity contribution in [3.05, 3.63) is 47.2 Å². The molecule has 1 amide bonds. The molecule has 24 heavy (non-hydrogen) atoms. The molecule has 1 aromatic carbocycles. The van der Waals surface area contributed by atoms with E-state index in [1.165, 1.54) is 11.1 Å². The molecule has 2 aromatic rings. The molecule has 1 fully saturated rings. The summed E-state index contributed by atoms with van der Waals surface area (Å²) >= 11 is 1.96. The molecule has 1 aromatic heterocycles. The number of aromatic nitrogens is 2. The Balaban J connectivity index is 1.68. The Kier molecular flexibility index (Phi) is 5.26. The normalized spacial score (nSPS) is 18.5. The van der Waals surface area contributed by atoms with E-state index in [9.17, 15) is 4.79 Å². The third-order valence-corrected chi connectivity index (χ3v) is 5.34. The molecular weight excluding hydrogens is 320 g/mol. The average molecular weight is 344 g/mol. The minimum atomic E-state index is 0.0158. The molecule has 0 radical (unpaired) electrons. The summed E-state index contributed by atoms with van der Waals surface area (Å²) in [6, 6.07) is 10.8. The van der Waals surface area contributed by atoms with Gasteiger partial charge in [0, 0.05) is 37.2 Å². The maximum absolute atomic E-state index is 12.5. The molecule has 3 rings (SSSR count). The number of thioether (sulfide) groups is 1. The zero-order chi connectivity index (χ0) is 17.1. The Labute approximate surface area is 147 Å². The van der Waals surface area contributed by atoms with E-state index in [-0.39, 0.29) is 5.91 Å². The SMILES string of the molecule is Cc1ccc([C@H]2CSCCN2CC(=O)Nc2cc(C)nn2C)cc1. The quantitative estimate of drug-likeness (QED) is 0.927. The zero-order valence-corrected chi connectivity index (χ0v) is 15.3. The highest BCUT2D eigenvalue weighted by Crippen LogP contribution is 2.29. The van der Waals surface area contributed by atoms with Crippen molar-refractivity contribution in [2.45, 2.75) is 19.9 Å². The lowest BCUT2D eigenvalue weighted by molar-refractivity contribution is -0.117. The van der Waals surface area contributed by atoms with Crippen LogP contribution in [0.1, 0.15) is 22.9 Å². The van der Waals surface area contributed by atoms with Gasteiger partial charge in [-0.15, -0.1) is 0 Å². The second-order valence-electron chi connectivity index (χ2n) is 6.31. The Bertz CT molecular complexity index is 710. The van der Waals surface area contributed by atoms with Crippen molar-refractivity contribution < 1.29 is 4.79 Å². The molecule has 1 aliphatic heterocycles. The van der Waals surface area contributed by atoms with Crippen molar-refractivity contribution in [3.8, 4) is 0 Å². The number of nitrogens with zero attached hydrogens (tertiary/aromatic N) is 3. The van der Waals surface area contributed by atoms with Crippen LogP contribution in [0.25, 0.3) is 0 Å². The topological polar surface area (TPSA) is 50.2 Å². The minimum absolute atomic E-state index is 0.0158. The molecule has 5 nitrogen and oxygen atoms in total. The molecule has 128 valence electrons. The van der Waals surface area contributed by atoms with Gasteiger partial charge in [0.1, 0.15) is 5.82 Å². The summed E-state index contributed by atoms with van der Waals surface area (Å²) < 4.78 is 1.71. The molecule has 0 bridgehead atoms. The summed E-state index contributed by atoms with van der Waals surface area (Å²) in [4.78, 5) is 14.7. The molecule has 0 unspecified atom stereocenters. The van der Waals surface area contributed by atoms with Crippen molar-refractivity contribution in [2.24, 2.45) is 7.05 Å². The highest BCUT2D eigenvalue weighted by atomic mass is 32.2. The van der Waals surface area contributed by atoms with E-state index >= 15 is 0 Å². The fourth-order valence-electron chi connectivity index (χ4n) is 3.02. The summed E-state index contributed by atoms with van der Waals surface area (Å²) in [6.45, 7) is 5.36. The van der Waals surface area contributed by atoms with Gasteiger partial charge < -0.3 is 5.32 Å². The number of aryl methyl sites for hydroxylation is 3. The van der Waals surface area contributed by atoms with E-state index in [4.69, 9.17) is 0 Å². The number of hydrogen-bond donors (Lipinski definition) is 1. The third-order valence-electron chi connectivity index (χ3n) is 4.32. The summed E-state index contributed by atoms with van der Waals surface area (Å²) in [6.07, 6.45) is 0.